The number of phenols is 1. The van der Waals surface area contributed by atoms with Crippen LogP contribution >= 0.6 is 34.8 Å². The van der Waals surface area contributed by atoms with Crippen LogP contribution in [0.5, 0.6) is 5.75 Å². The van der Waals surface area contributed by atoms with Gasteiger partial charge in [0.05, 0.1) is 11.3 Å². The number of carbonyl (C=O) groups is 1. The zero-order valence-corrected chi connectivity index (χ0v) is 11.1. The van der Waals surface area contributed by atoms with Gasteiger partial charge in [-0.1, -0.05) is 40.9 Å². The quantitative estimate of drug-likeness (QED) is 0.500. The van der Waals surface area contributed by atoms with Gasteiger partial charge in [0.15, 0.2) is 5.78 Å². The molecule has 1 aromatic carbocycles. The minimum Gasteiger partial charge on any atom is -0.507 e. The topological polar surface area (TPSA) is 63.3 Å². The van der Waals surface area contributed by atoms with Gasteiger partial charge in [0.25, 0.3) is 0 Å². The van der Waals surface area contributed by atoms with Crippen LogP contribution < -0.4 is 5.73 Å². The Labute approximate surface area is 114 Å². The third kappa shape index (κ3) is 3.80. The number of allylic oxidation sites excluding steroid dienone is 2. The number of hydrogen-bond acceptors (Lipinski definition) is 3. The van der Waals surface area contributed by atoms with Crippen molar-refractivity contribution < 1.29 is 9.90 Å². The molecule has 0 radical (unpaired) electrons. The van der Waals surface area contributed by atoms with Crippen LogP contribution in [0.4, 0.5) is 0 Å². The molecule has 92 valence electrons. The highest BCUT2D eigenvalue weighted by Crippen LogP contribution is 2.32. The van der Waals surface area contributed by atoms with E-state index in [1.54, 1.807) is 13.0 Å². The van der Waals surface area contributed by atoms with Crippen LogP contribution in [0.3, 0.4) is 0 Å². The van der Waals surface area contributed by atoms with Gasteiger partial charge >= 0.3 is 0 Å². The third-order valence-corrected chi connectivity index (χ3v) is 2.69. The van der Waals surface area contributed by atoms with Gasteiger partial charge < -0.3 is 10.8 Å². The summed E-state index contributed by atoms with van der Waals surface area (Å²) in [5.74, 6) is -0.658. The van der Waals surface area contributed by atoms with Crippen LogP contribution in [0.15, 0.2) is 30.0 Å². The Morgan fingerprint density at radius 2 is 2.00 bits per heavy atom. The van der Waals surface area contributed by atoms with Crippen LogP contribution in [-0.2, 0) is 0 Å². The summed E-state index contributed by atoms with van der Waals surface area (Å²) in [6.07, 6.45) is 0.984. The van der Waals surface area contributed by atoms with E-state index in [0.717, 1.165) is 11.6 Å². The number of hydrogen-bond donors (Lipinski definition) is 2. The molecule has 1 aromatic rings. The highest BCUT2D eigenvalue weighted by atomic mass is 35.6. The maximum atomic E-state index is 11.7. The molecule has 0 aliphatic carbocycles. The Hall–Kier alpha value is -0.900. The number of halogens is 3. The highest BCUT2D eigenvalue weighted by molar-refractivity contribution is 6.69. The van der Waals surface area contributed by atoms with Crippen molar-refractivity contribution in [3.63, 3.8) is 0 Å². The fourth-order valence-electron chi connectivity index (χ4n) is 1.15. The molecule has 0 spiro atoms. The van der Waals surface area contributed by atoms with E-state index in [1.807, 2.05) is 0 Å². The normalized spacial score (nSPS) is 12.6. The van der Waals surface area contributed by atoms with Crippen LogP contribution in [0.2, 0.25) is 0 Å². The van der Waals surface area contributed by atoms with E-state index < -0.39 is 9.58 Å². The number of carbonyl (C=O) groups excluding carboxylic acids is 1. The van der Waals surface area contributed by atoms with E-state index in [1.165, 1.54) is 12.1 Å². The zero-order chi connectivity index (χ0) is 13.2. The molecule has 6 heteroatoms. The number of aryl methyl sites for hydroxylation is 1. The summed E-state index contributed by atoms with van der Waals surface area (Å²) in [7, 11) is 0. The Kier molecular flexibility index (Phi) is 4.31. The van der Waals surface area contributed by atoms with E-state index in [4.69, 9.17) is 40.5 Å². The van der Waals surface area contributed by atoms with Crippen LogP contribution in [-0.4, -0.2) is 14.7 Å². The van der Waals surface area contributed by atoms with Gasteiger partial charge in [-0.05, 0) is 24.6 Å². The van der Waals surface area contributed by atoms with Crippen LogP contribution in [0.1, 0.15) is 15.9 Å². The lowest BCUT2D eigenvalue weighted by molar-refractivity contribution is 0.104. The van der Waals surface area contributed by atoms with E-state index >= 15 is 0 Å². The molecule has 0 heterocycles. The lowest BCUT2D eigenvalue weighted by atomic mass is 10.1. The number of nitrogens with two attached hydrogens (primary N) is 1. The molecule has 1 rings (SSSR count). The molecule has 0 bridgehead atoms. The van der Waals surface area contributed by atoms with Gasteiger partial charge in [0.1, 0.15) is 5.75 Å². The van der Waals surface area contributed by atoms with Gasteiger partial charge in [-0.3, -0.25) is 4.79 Å². The first-order valence-corrected chi connectivity index (χ1v) is 5.73. The molecular formula is C11H10Cl3NO2. The molecule has 0 saturated heterocycles. The van der Waals surface area contributed by atoms with Gasteiger partial charge in [0, 0.05) is 6.08 Å². The van der Waals surface area contributed by atoms with Crippen molar-refractivity contribution in [2.45, 2.75) is 10.7 Å². The summed E-state index contributed by atoms with van der Waals surface area (Å²) in [6, 6.07) is 4.63. The fourth-order valence-corrected chi connectivity index (χ4v) is 1.31. The molecule has 17 heavy (non-hydrogen) atoms. The fraction of sp³-hybridized carbons (Fsp3) is 0.182. The number of phenolic OH excluding ortho intramolecular Hbond substituents is 1. The smallest absolute Gasteiger partial charge is 0.230 e. The Morgan fingerprint density at radius 1 is 1.41 bits per heavy atom. The predicted molar refractivity (Wildman–Crippen MR) is 69.7 cm³/mol. The standard InChI is InChI=1S/C11H10Cl3NO2/c1-6-2-3-7(8(16)4-6)9(17)5-10(15)11(12,13)14/h2-5,16H,15H2,1H3/b10-5-. The second-order valence-electron chi connectivity index (χ2n) is 3.48. The third-order valence-electron chi connectivity index (χ3n) is 2.03. The summed E-state index contributed by atoms with van der Waals surface area (Å²) >= 11 is 16.5. The maximum absolute atomic E-state index is 11.7. The van der Waals surface area contributed by atoms with E-state index in [0.29, 0.717) is 0 Å². The van der Waals surface area contributed by atoms with Crippen molar-refractivity contribution in [2.24, 2.45) is 5.73 Å². The Balaban J connectivity index is 3.06. The number of rotatable bonds is 2. The van der Waals surface area contributed by atoms with Crippen molar-refractivity contribution in [3.8, 4) is 5.75 Å². The molecule has 0 saturated carbocycles. The summed E-state index contributed by atoms with van der Waals surface area (Å²) in [5.41, 5.74) is 6.17. The molecule has 0 amide bonds. The molecule has 0 aliphatic heterocycles. The number of benzene rings is 1. The zero-order valence-electron chi connectivity index (χ0n) is 8.88. The van der Waals surface area contributed by atoms with Gasteiger partial charge in [-0.2, -0.15) is 0 Å². The molecule has 0 unspecified atom stereocenters. The Morgan fingerprint density at radius 3 is 2.47 bits per heavy atom. The Bertz CT molecular complexity index is 478. The SMILES string of the molecule is Cc1ccc(C(=O)/C=C(\N)C(Cl)(Cl)Cl)c(O)c1. The van der Waals surface area contributed by atoms with Gasteiger partial charge in [-0.15, -0.1) is 0 Å². The summed E-state index contributed by atoms with van der Waals surface area (Å²) < 4.78 is -1.84. The average molecular weight is 295 g/mol. The lowest BCUT2D eigenvalue weighted by Gasteiger charge is -2.10. The molecule has 0 atom stereocenters. The molecule has 3 N–H and O–H groups in total. The average Bonchev–Trinajstić information content (AvgIpc) is 2.15. The van der Waals surface area contributed by atoms with E-state index in [2.05, 4.69) is 0 Å². The first-order chi connectivity index (χ1) is 7.71. The number of alkyl halides is 3. The maximum Gasteiger partial charge on any atom is 0.230 e. The minimum absolute atomic E-state index is 0.104. The molecular weight excluding hydrogens is 284 g/mol. The number of aromatic hydroxyl groups is 1. The van der Waals surface area contributed by atoms with Crippen LogP contribution in [0, 0.1) is 6.92 Å². The van der Waals surface area contributed by atoms with Crippen molar-refractivity contribution in [1.82, 2.24) is 0 Å². The van der Waals surface area contributed by atoms with Gasteiger partial charge in [-0.25, -0.2) is 0 Å². The summed E-state index contributed by atoms with van der Waals surface area (Å²) in [4.78, 5) is 11.7. The molecule has 0 fully saturated rings. The van der Waals surface area contributed by atoms with Crippen molar-refractivity contribution in [2.75, 3.05) is 0 Å². The second-order valence-corrected chi connectivity index (χ2v) is 5.76. The minimum atomic E-state index is -1.84. The molecule has 3 nitrogen and oxygen atoms in total. The number of ketones is 1. The summed E-state index contributed by atoms with van der Waals surface area (Å²) in [6.45, 7) is 1.79. The second kappa shape index (κ2) is 5.17. The monoisotopic (exact) mass is 293 g/mol. The van der Waals surface area contributed by atoms with Crippen molar-refractivity contribution in [1.29, 1.82) is 0 Å². The van der Waals surface area contributed by atoms with E-state index in [-0.39, 0.29) is 17.0 Å². The molecule has 0 aromatic heterocycles. The van der Waals surface area contributed by atoms with E-state index in [9.17, 15) is 9.90 Å². The lowest BCUT2D eigenvalue weighted by Crippen LogP contribution is -2.17. The molecule has 0 aliphatic rings. The van der Waals surface area contributed by atoms with Crippen molar-refractivity contribution >= 4 is 40.6 Å². The predicted octanol–water partition coefficient (Wildman–Crippen LogP) is 3.10. The first kappa shape index (κ1) is 14.2. The highest BCUT2D eigenvalue weighted by Gasteiger charge is 2.24. The van der Waals surface area contributed by atoms with Crippen LogP contribution in [0.25, 0.3) is 0 Å². The van der Waals surface area contributed by atoms with Crippen molar-refractivity contribution in [3.05, 3.63) is 41.1 Å². The van der Waals surface area contributed by atoms with Gasteiger partial charge in [0.2, 0.25) is 3.79 Å². The summed E-state index contributed by atoms with van der Waals surface area (Å²) in [5, 5.41) is 9.59. The first-order valence-electron chi connectivity index (χ1n) is 4.60. The largest absolute Gasteiger partial charge is 0.507 e.